The van der Waals surface area contributed by atoms with Crippen LogP contribution in [-0.2, 0) is 4.79 Å². The van der Waals surface area contributed by atoms with E-state index in [1.165, 1.54) is 12.8 Å². The number of anilines is 1. The van der Waals surface area contributed by atoms with Crippen molar-refractivity contribution in [1.29, 1.82) is 0 Å². The molecule has 1 aromatic rings. The molecule has 1 aromatic carbocycles. The predicted molar refractivity (Wildman–Crippen MR) is 90.6 cm³/mol. The Morgan fingerprint density at radius 1 is 1.36 bits per heavy atom. The van der Waals surface area contributed by atoms with Crippen LogP contribution >= 0.6 is 11.6 Å². The molecule has 0 aliphatic heterocycles. The highest BCUT2D eigenvalue weighted by molar-refractivity contribution is 6.32. The van der Waals surface area contributed by atoms with Gasteiger partial charge in [0.15, 0.2) is 0 Å². The molecule has 3 atom stereocenters. The van der Waals surface area contributed by atoms with Gasteiger partial charge in [-0.3, -0.25) is 4.79 Å². The highest BCUT2D eigenvalue weighted by atomic mass is 35.5. The second kappa shape index (κ2) is 7.84. The molecule has 1 aliphatic carbocycles. The van der Waals surface area contributed by atoms with E-state index in [2.05, 4.69) is 24.5 Å². The Bertz CT molecular complexity index is 521. The second-order valence-corrected chi connectivity index (χ2v) is 6.56. The number of benzene rings is 1. The number of nitrogens with one attached hydrogen (secondary N) is 2. The van der Waals surface area contributed by atoms with Gasteiger partial charge in [-0.15, -0.1) is 0 Å². The van der Waals surface area contributed by atoms with Gasteiger partial charge in [0.05, 0.1) is 18.7 Å². The van der Waals surface area contributed by atoms with Crippen molar-refractivity contribution >= 4 is 23.2 Å². The van der Waals surface area contributed by atoms with E-state index in [-0.39, 0.29) is 5.91 Å². The van der Waals surface area contributed by atoms with Crippen molar-refractivity contribution in [3.8, 4) is 5.75 Å². The smallest absolute Gasteiger partial charge is 0.238 e. The monoisotopic (exact) mass is 324 g/mol. The van der Waals surface area contributed by atoms with Crippen LogP contribution in [0.15, 0.2) is 18.2 Å². The molecule has 22 heavy (non-hydrogen) atoms. The van der Waals surface area contributed by atoms with Gasteiger partial charge in [0, 0.05) is 11.7 Å². The zero-order chi connectivity index (χ0) is 16.1. The van der Waals surface area contributed by atoms with Crippen LogP contribution in [0.3, 0.4) is 0 Å². The quantitative estimate of drug-likeness (QED) is 0.868. The first-order chi connectivity index (χ1) is 10.5. The molecule has 0 aromatic heterocycles. The second-order valence-electron chi connectivity index (χ2n) is 6.15. The molecule has 2 N–H and O–H groups in total. The van der Waals surface area contributed by atoms with Crippen LogP contribution in [0.4, 0.5) is 5.69 Å². The number of halogens is 1. The summed E-state index contributed by atoms with van der Waals surface area (Å²) in [5.41, 5.74) is 0.683. The Balaban J connectivity index is 1.84. The van der Waals surface area contributed by atoms with Gasteiger partial charge in [0.1, 0.15) is 5.75 Å². The highest BCUT2D eigenvalue weighted by Gasteiger charge is 2.26. The minimum Gasteiger partial charge on any atom is -0.495 e. The van der Waals surface area contributed by atoms with Crippen LogP contribution in [0.1, 0.15) is 33.1 Å². The summed E-state index contributed by atoms with van der Waals surface area (Å²) in [4.78, 5) is 12.1. The molecule has 1 fully saturated rings. The highest BCUT2D eigenvalue weighted by Crippen LogP contribution is 2.29. The summed E-state index contributed by atoms with van der Waals surface area (Å²) in [6.07, 6.45) is 3.67. The molecule has 0 spiro atoms. The van der Waals surface area contributed by atoms with Crippen molar-refractivity contribution in [2.45, 2.75) is 39.2 Å². The van der Waals surface area contributed by atoms with Gasteiger partial charge in [0.2, 0.25) is 5.91 Å². The third kappa shape index (κ3) is 4.37. The Morgan fingerprint density at radius 3 is 2.82 bits per heavy atom. The van der Waals surface area contributed by atoms with Crippen molar-refractivity contribution in [3.63, 3.8) is 0 Å². The number of carbonyl (C=O) groups is 1. The largest absolute Gasteiger partial charge is 0.495 e. The molecular weight excluding hydrogens is 300 g/mol. The number of carbonyl (C=O) groups excluding carboxylic acids is 1. The summed E-state index contributed by atoms with van der Waals surface area (Å²) in [6.45, 7) is 4.88. The number of hydrogen-bond donors (Lipinski definition) is 2. The van der Waals surface area contributed by atoms with Gasteiger partial charge in [-0.2, -0.15) is 0 Å². The first-order valence-corrected chi connectivity index (χ1v) is 8.26. The van der Waals surface area contributed by atoms with Crippen molar-refractivity contribution in [1.82, 2.24) is 5.32 Å². The van der Waals surface area contributed by atoms with E-state index in [1.54, 1.807) is 25.3 Å². The maximum Gasteiger partial charge on any atom is 0.238 e. The molecule has 1 amide bonds. The average Bonchev–Trinajstić information content (AvgIpc) is 2.49. The normalized spacial score (nSPS) is 24.8. The Morgan fingerprint density at radius 2 is 2.14 bits per heavy atom. The number of hydrogen-bond acceptors (Lipinski definition) is 3. The fraction of sp³-hybridized carbons (Fsp3) is 0.588. The molecule has 2 rings (SSSR count). The molecule has 0 heterocycles. The van der Waals surface area contributed by atoms with Crippen molar-refractivity contribution in [2.75, 3.05) is 19.0 Å². The standard InChI is InChI=1S/C17H25ClN2O2/c1-11-5-4-6-15(12(11)2)19-10-17(21)20-13-7-8-16(22-3)14(18)9-13/h7-9,11-12,15,19H,4-6,10H2,1-3H3,(H,20,21). The molecule has 3 unspecified atom stereocenters. The molecule has 0 bridgehead atoms. The van der Waals surface area contributed by atoms with E-state index in [4.69, 9.17) is 16.3 Å². The van der Waals surface area contributed by atoms with E-state index < -0.39 is 0 Å². The predicted octanol–water partition coefficient (Wildman–Crippen LogP) is 3.70. The molecular formula is C17H25ClN2O2. The Hall–Kier alpha value is -1.26. The van der Waals surface area contributed by atoms with Crippen LogP contribution in [0.25, 0.3) is 0 Å². The Labute approximate surface area is 137 Å². The van der Waals surface area contributed by atoms with E-state index in [0.29, 0.717) is 35.0 Å². The molecule has 1 saturated carbocycles. The lowest BCUT2D eigenvalue weighted by atomic mass is 9.78. The van der Waals surface area contributed by atoms with E-state index in [9.17, 15) is 4.79 Å². The van der Waals surface area contributed by atoms with Gasteiger partial charge in [0.25, 0.3) is 0 Å². The molecule has 0 radical (unpaired) electrons. The average molecular weight is 325 g/mol. The Kier molecular flexibility index (Phi) is 6.09. The fourth-order valence-corrected chi connectivity index (χ4v) is 3.30. The zero-order valence-corrected chi connectivity index (χ0v) is 14.2. The summed E-state index contributed by atoms with van der Waals surface area (Å²) in [5, 5.41) is 6.74. The van der Waals surface area contributed by atoms with Crippen molar-refractivity contribution in [2.24, 2.45) is 11.8 Å². The van der Waals surface area contributed by atoms with Gasteiger partial charge in [-0.05, 0) is 36.5 Å². The van der Waals surface area contributed by atoms with E-state index >= 15 is 0 Å². The van der Waals surface area contributed by atoms with Crippen LogP contribution in [0, 0.1) is 11.8 Å². The van der Waals surface area contributed by atoms with Crippen molar-refractivity contribution < 1.29 is 9.53 Å². The van der Waals surface area contributed by atoms with Crippen LogP contribution < -0.4 is 15.4 Å². The third-order valence-corrected chi connectivity index (χ3v) is 4.96. The van der Waals surface area contributed by atoms with Gasteiger partial charge < -0.3 is 15.4 Å². The molecule has 5 heteroatoms. The lowest BCUT2D eigenvalue weighted by molar-refractivity contribution is -0.115. The minimum absolute atomic E-state index is 0.0494. The topological polar surface area (TPSA) is 50.4 Å². The molecule has 4 nitrogen and oxygen atoms in total. The number of amides is 1. The number of ether oxygens (including phenoxy) is 1. The lowest BCUT2D eigenvalue weighted by Crippen LogP contribution is -2.43. The summed E-state index contributed by atoms with van der Waals surface area (Å²) >= 11 is 6.06. The van der Waals surface area contributed by atoms with Crippen LogP contribution in [-0.4, -0.2) is 25.6 Å². The summed E-state index contributed by atoms with van der Waals surface area (Å²) in [7, 11) is 1.57. The number of methoxy groups -OCH3 is 1. The zero-order valence-electron chi connectivity index (χ0n) is 13.5. The molecule has 0 saturated heterocycles. The number of rotatable bonds is 5. The fourth-order valence-electron chi connectivity index (χ4n) is 3.04. The summed E-state index contributed by atoms with van der Waals surface area (Å²) < 4.78 is 5.10. The first-order valence-electron chi connectivity index (χ1n) is 7.88. The summed E-state index contributed by atoms with van der Waals surface area (Å²) in [5.74, 6) is 1.88. The third-order valence-electron chi connectivity index (χ3n) is 4.67. The van der Waals surface area contributed by atoms with Crippen LogP contribution in [0.5, 0.6) is 5.75 Å². The SMILES string of the molecule is COc1ccc(NC(=O)CNC2CCCC(C)C2C)cc1Cl. The van der Waals surface area contributed by atoms with E-state index in [0.717, 1.165) is 12.3 Å². The van der Waals surface area contributed by atoms with Crippen LogP contribution in [0.2, 0.25) is 5.02 Å². The first kappa shape index (κ1) is 17.1. The van der Waals surface area contributed by atoms with Gasteiger partial charge >= 0.3 is 0 Å². The summed E-state index contributed by atoms with van der Waals surface area (Å²) in [6, 6.07) is 5.65. The van der Waals surface area contributed by atoms with Gasteiger partial charge in [-0.25, -0.2) is 0 Å². The van der Waals surface area contributed by atoms with Gasteiger partial charge in [-0.1, -0.05) is 38.3 Å². The molecule has 122 valence electrons. The minimum atomic E-state index is -0.0494. The van der Waals surface area contributed by atoms with Crippen molar-refractivity contribution in [3.05, 3.63) is 23.2 Å². The van der Waals surface area contributed by atoms with E-state index in [1.807, 2.05) is 0 Å². The maximum atomic E-state index is 12.1. The molecule has 1 aliphatic rings. The maximum absolute atomic E-state index is 12.1. The lowest BCUT2D eigenvalue weighted by Gasteiger charge is -2.34.